The van der Waals surface area contributed by atoms with E-state index < -0.39 is 5.60 Å². The lowest BCUT2D eigenvalue weighted by molar-refractivity contribution is 0.0224. The van der Waals surface area contributed by atoms with E-state index in [-0.39, 0.29) is 18.1 Å². The molecular formula is C17H21NO4. The van der Waals surface area contributed by atoms with Crippen molar-refractivity contribution in [2.45, 2.75) is 51.9 Å². The number of rotatable bonds is 1. The molecule has 22 heavy (non-hydrogen) atoms. The molecule has 0 aromatic heterocycles. The van der Waals surface area contributed by atoms with Gasteiger partial charge in [0, 0.05) is 12.1 Å². The monoisotopic (exact) mass is 303 g/mol. The first-order chi connectivity index (χ1) is 10.3. The van der Waals surface area contributed by atoms with Gasteiger partial charge in [-0.15, -0.1) is 0 Å². The molecule has 0 spiro atoms. The minimum Gasteiger partial charge on any atom is -0.457 e. The molecule has 2 heterocycles. The molecule has 3 rings (SSSR count). The van der Waals surface area contributed by atoms with Crippen LogP contribution < -0.4 is 0 Å². The second kappa shape index (κ2) is 5.30. The van der Waals surface area contributed by atoms with Crippen LogP contribution in [0.2, 0.25) is 0 Å². The number of carbonyl (C=O) groups is 2. The Labute approximate surface area is 130 Å². The predicted octanol–water partition coefficient (Wildman–Crippen LogP) is 3.43. The van der Waals surface area contributed by atoms with Crippen LogP contribution in [0.25, 0.3) is 0 Å². The van der Waals surface area contributed by atoms with Gasteiger partial charge in [-0.05, 0) is 51.3 Å². The van der Waals surface area contributed by atoms with Crippen molar-refractivity contribution >= 4 is 12.1 Å². The molecule has 1 aromatic carbocycles. The van der Waals surface area contributed by atoms with Gasteiger partial charge in [0.25, 0.3) is 0 Å². The molecule has 0 radical (unpaired) electrons. The van der Waals surface area contributed by atoms with E-state index in [2.05, 4.69) is 0 Å². The van der Waals surface area contributed by atoms with Gasteiger partial charge in [0.15, 0.2) is 0 Å². The lowest BCUT2D eigenvalue weighted by Gasteiger charge is -2.29. The third-order valence-corrected chi connectivity index (χ3v) is 3.97. The molecule has 0 saturated carbocycles. The van der Waals surface area contributed by atoms with Crippen LogP contribution in [0.4, 0.5) is 4.79 Å². The van der Waals surface area contributed by atoms with Crippen LogP contribution in [0.5, 0.6) is 0 Å². The van der Waals surface area contributed by atoms with E-state index in [1.807, 2.05) is 32.9 Å². The van der Waals surface area contributed by atoms with Crippen LogP contribution in [0.15, 0.2) is 18.2 Å². The summed E-state index contributed by atoms with van der Waals surface area (Å²) in [6.45, 7) is 6.63. The molecule has 1 saturated heterocycles. The highest BCUT2D eigenvalue weighted by Gasteiger charge is 2.34. The van der Waals surface area contributed by atoms with Crippen LogP contribution in [-0.2, 0) is 16.1 Å². The predicted molar refractivity (Wildman–Crippen MR) is 80.5 cm³/mol. The van der Waals surface area contributed by atoms with E-state index in [9.17, 15) is 9.59 Å². The van der Waals surface area contributed by atoms with Crippen LogP contribution in [-0.4, -0.2) is 29.1 Å². The number of esters is 1. The molecule has 118 valence electrons. The number of cyclic esters (lactones) is 1. The van der Waals surface area contributed by atoms with E-state index in [0.29, 0.717) is 18.7 Å². The number of benzene rings is 1. The minimum atomic E-state index is -0.498. The number of amides is 1. The van der Waals surface area contributed by atoms with E-state index in [1.165, 1.54) is 0 Å². The Morgan fingerprint density at radius 1 is 1.36 bits per heavy atom. The van der Waals surface area contributed by atoms with Crippen molar-refractivity contribution in [1.82, 2.24) is 4.90 Å². The molecule has 1 atom stereocenters. The molecular weight excluding hydrogens is 282 g/mol. The average Bonchev–Trinajstić information content (AvgIpc) is 3.04. The van der Waals surface area contributed by atoms with E-state index in [1.54, 1.807) is 11.0 Å². The van der Waals surface area contributed by atoms with Crippen molar-refractivity contribution in [2.75, 3.05) is 6.54 Å². The third kappa shape index (κ3) is 2.80. The van der Waals surface area contributed by atoms with Crippen LogP contribution in [0.1, 0.15) is 61.1 Å². The number of ether oxygens (including phenoxy) is 2. The number of hydrogen-bond donors (Lipinski definition) is 0. The van der Waals surface area contributed by atoms with Gasteiger partial charge in [0.05, 0.1) is 11.6 Å². The summed E-state index contributed by atoms with van der Waals surface area (Å²) in [7, 11) is 0. The zero-order chi connectivity index (χ0) is 15.9. The topological polar surface area (TPSA) is 55.8 Å². The van der Waals surface area contributed by atoms with Crippen molar-refractivity contribution in [3.8, 4) is 0 Å². The van der Waals surface area contributed by atoms with Gasteiger partial charge < -0.3 is 14.4 Å². The maximum atomic E-state index is 12.4. The normalized spacial score (nSPS) is 20.8. The zero-order valence-electron chi connectivity index (χ0n) is 13.2. The molecule has 5 nitrogen and oxygen atoms in total. The van der Waals surface area contributed by atoms with Gasteiger partial charge in [0.2, 0.25) is 0 Å². The van der Waals surface area contributed by atoms with Crippen LogP contribution in [0.3, 0.4) is 0 Å². The second-order valence-corrected chi connectivity index (χ2v) is 6.82. The van der Waals surface area contributed by atoms with Crippen LogP contribution in [0, 0.1) is 0 Å². The van der Waals surface area contributed by atoms with Gasteiger partial charge in [-0.2, -0.15) is 0 Å². The van der Waals surface area contributed by atoms with Crippen molar-refractivity contribution in [2.24, 2.45) is 0 Å². The summed E-state index contributed by atoms with van der Waals surface area (Å²) >= 11 is 0. The summed E-state index contributed by atoms with van der Waals surface area (Å²) in [4.78, 5) is 25.7. The molecule has 0 unspecified atom stereocenters. The second-order valence-electron chi connectivity index (χ2n) is 6.82. The van der Waals surface area contributed by atoms with Gasteiger partial charge >= 0.3 is 12.1 Å². The Morgan fingerprint density at radius 3 is 2.86 bits per heavy atom. The van der Waals surface area contributed by atoms with Crippen molar-refractivity contribution in [3.63, 3.8) is 0 Å². The van der Waals surface area contributed by atoms with Gasteiger partial charge in [0.1, 0.15) is 12.2 Å². The van der Waals surface area contributed by atoms with E-state index in [0.717, 1.165) is 24.0 Å². The summed E-state index contributed by atoms with van der Waals surface area (Å²) in [6, 6.07) is 5.70. The first-order valence-electron chi connectivity index (χ1n) is 7.65. The maximum absolute atomic E-state index is 12.4. The van der Waals surface area contributed by atoms with Crippen LogP contribution >= 0.6 is 0 Å². The SMILES string of the molecule is CC(C)(C)OC(=O)N1CCC[C@H]1c1ccc2c(c1)COC2=O. The molecule has 1 amide bonds. The van der Waals surface area contributed by atoms with Crippen molar-refractivity contribution < 1.29 is 19.1 Å². The average molecular weight is 303 g/mol. The number of likely N-dealkylation sites (tertiary alicyclic amines) is 1. The Hall–Kier alpha value is -2.04. The lowest BCUT2D eigenvalue weighted by Crippen LogP contribution is -2.36. The number of carbonyl (C=O) groups excluding carboxylic acids is 2. The fraction of sp³-hybridized carbons (Fsp3) is 0.529. The standard InChI is InChI=1S/C17H21NO4/c1-17(2,3)22-16(20)18-8-4-5-14(18)11-6-7-13-12(9-11)10-21-15(13)19/h6-7,9,14H,4-5,8,10H2,1-3H3/t14-/m0/s1. The summed E-state index contributed by atoms with van der Waals surface area (Å²) in [5, 5.41) is 0. The Balaban J connectivity index is 1.82. The molecule has 5 heteroatoms. The summed E-state index contributed by atoms with van der Waals surface area (Å²) in [5.41, 5.74) is 2.08. The summed E-state index contributed by atoms with van der Waals surface area (Å²) in [6.07, 6.45) is 1.59. The lowest BCUT2D eigenvalue weighted by atomic mass is 9.99. The summed E-state index contributed by atoms with van der Waals surface area (Å²) < 4.78 is 10.5. The maximum Gasteiger partial charge on any atom is 0.410 e. The first kappa shape index (κ1) is 14.9. The van der Waals surface area contributed by atoms with E-state index >= 15 is 0 Å². The quantitative estimate of drug-likeness (QED) is 0.746. The highest BCUT2D eigenvalue weighted by molar-refractivity contribution is 5.93. The zero-order valence-corrected chi connectivity index (χ0v) is 13.2. The molecule has 0 N–H and O–H groups in total. The van der Waals surface area contributed by atoms with Gasteiger partial charge in [-0.3, -0.25) is 0 Å². The number of fused-ring (bicyclic) bond motifs is 1. The molecule has 1 fully saturated rings. The molecule has 0 bridgehead atoms. The summed E-state index contributed by atoms with van der Waals surface area (Å²) in [5.74, 6) is -0.267. The molecule has 1 aromatic rings. The first-order valence-corrected chi connectivity index (χ1v) is 7.65. The Morgan fingerprint density at radius 2 is 2.14 bits per heavy atom. The number of nitrogens with zero attached hydrogens (tertiary/aromatic N) is 1. The van der Waals surface area contributed by atoms with E-state index in [4.69, 9.17) is 9.47 Å². The van der Waals surface area contributed by atoms with Gasteiger partial charge in [-0.25, -0.2) is 9.59 Å². The minimum absolute atomic E-state index is 0.0100. The largest absolute Gasteiger partial charge is 0.457 e. The van der Waals surface area contributed by atoms with Gasteiger partial charge in [-0.1, -0.05) is 6.07 Å². The highest BCUT2D eigenvalue weighted by Crippen LogP contribution is 2.35. The van der Waals surface area contributed by atoms with Crippen molar-refractivity contribution in [3.05, 3.63) is 34.9 Å². The fourth-order valence-electron chi connectivity index (χ4n) is 3.01. The number of hydrogen-bond acceptors (Lipinski definition) is 4. The highest BCUT2D eigenvalue weighted by atomic mass is 16.6. The Kier molecular flexibility index (Phi) is 3.59. The third-order valence-electron chi connectivity index (χ3n) is 3.97. The molecule has 2 aliphatic rings. The fourth-order valence-corrected chi connectivity index (χ4v) is 3.01. The Bertz CT molecular complexity index is 618. The molecule has 2 aliphatic heterocycles. The smallest absolute Gasteiger partial charge is 0.410 e. The molecule has 0 aliphatic carbocycles. The van der Waals surface area contributed by atoms with Crippen molar-refractivity contribution in [1.29, 1.82) is 0 Å².